The number of halogens is 1. The molecule has 0 saturated carbocycles. The summed E-state index contributed by atoms with van der Waals surface area (Å²) in [5, 5.41) is 0.966. The molecule has 0 spiro atoms. The minimum absolute atomic E-state index is 0.0296. The first kappa shape index (κ1) is 20.9. The molecule has 0 bridgehead atoms. The van der Waals surface area contributed by atoms with E-state index in [-0.39, 0.29) is 23.6 Å². The highest BCUT2D eigenvalue weighted by Gasteiger charge is 2.20. The lowest BCUT2D eigenvalue weighted by molar-refractivity contribution is 0.0920. The fourth-order valence-corrected chi connectivity index (χ4v) is 3.44. The summed E-state index contributed by atoms with van der Waals surface area (Å²) in [6.07, 6.45) is 0. The van der Waals surface area contributed by atoms with Crippen LogP contribution in [-0.2, 0) is 0 Å². The van der Waals surface area contributed by atoms with Gasteiger partial charge in [-0.05, 0) is 68.3 Å². The summed E-state index contributed by atoms with van der Waals surface area (Å²) < 4.78 is 11.9. The number of hydrogen-bond donors (Lipinski definition) is 0. The lowest BCUT2D eigenvalue weighted by Crippen LogP contribution is -2.17. The first-order valence-corrected chi connectivity index (χ1v) is 10.3. The molecule has 1 aromatic heterocycles. The van der Waals surface area contributed by atoms with E-state index in [1.165, 1.54) is 0 Å². The van der Waals surface area contributed by atoms with E-state index < -0.39 is 0 Å². The molecule has 4 rings (SSSR count). The van der Waals surface area contributed by atoms with Gasteiger partial charge in [-0.1, -0.05) is 41.4 Å². The molecule has 5 heteroatoms. The lowest BCUT2D eigenvalue weighted by atomic mass is 10.0. The number of carbonyl (C=O) groups is 1. The van der Waals surface area contributed by atoms with Crippen molar-refractivity contribution in [3.8, 4) is 17.1 Å². The topological polar surface area (TPSA) is 56.5 Å². The first-order chi connectivity index (χ1) is 14.8. The van der Waals surface area contributed by atoms with Crippen molar-refractivity contribution in [2.75, 3.05) is 6.61 Å². The van der Waals surface area contributed by atoms with E-state index in [2.05, 4.69) is 0 Å². The van der Waals surface area contributed by atoms with E-state index in [4.69, 9.17) is 20.8 Å². The number of benzene rings is 3. The van der Waals surface area contributed by atoms with Gasteiger partial charge in [0.25, 0.3) is 0 Å². The maximum absolute atomic E-state index is 13.3. The second kappa shape index (κ2) is 8.40. The van der Waals surface area contributed by atoms with Gasteiger partial charge in [0.15, 0.2) is 18.2 Å². The van der Waals surface area contributed by atoms with Crippen LogP contribution in [0.5, 0.6) is 5.75 Å². The number of fused-ring (bicyclic) bond motifs is 1. The average molecular weight is 433 g/mol. The summed E-state index contributed by atoms with van der Waals surface area (Å²) in [5.41, 5.74) is 4.43. The third-order valence-corrected chi connectivity index (χ3v) is 5.54. The Balaban J connectivity index is 1.80. The van der Waals surface area contributed by atoms with Gasteiger partial charge in [0, 0.05) is 16.1 Å². The maximum Gasteiger partial charge on any atom is 0.235 e. The zero-order chi connectivity index (χ0) is 22.1. The Labute approximate surface area is 185 Å². The number of ketones is 1. The molecule has 0 radical (unpaired) electrons. The van der Waals surface area contributed by atoms with Crippen LogP contribution in [0.3, 0.4) is 0 Å². The van der Waals surface area contributed by atoms with Crippen molar-refractivity contribution in [3.05, 3.63) is 98.2 Å². The second-order valence-corrected chi connectivity index (χ2v) is 8.04. The number of ether oxygens (including phenoxy) is 1. The Morgan fingerprint density at radius 1 is 0.935 bits per heavy atom. The Bertz CT molecular complexity index is 1330. The fraction of sp³-hybridized carbons (Fsp3) is 0.154. The van der Waals surface area contributed by atoms with Gasteiger partial charge >= 0.3 is 0 Å². The molecular weight excluding hydrogens is 412 g/mol. The van der Waals surface area contributed by atoms with Crippen LogP contribution in [0.1, 0.15) is 27.0 Å². The highest BCUT2D eigenvalue weighted by atomic mass is 35.5. The monoisotopic (exact) mass is 432 g/mol. The van der Waals surface area contributed by atoms with Gasteiger partial charge in [-0.3, -0.25) is 9.59 Å². The predicted molar refractivity (Wildman–Crippen MR) is 123 cm³/mol. The van der Waals surface area contributed by atoms with E-state index in [0.717, 1.165) is 16.7 Å². The van der Waals surface area contributed by atoms with Crippen molar-refractivity contribution in [1.29, 1.82) is 0 Å². The maximum atomic E-state index is 13.3. The van der Waals surface area contributed by atoms with Gasteiger partial charge in [0.1, 0.15) is 5.58 Å². The molecule has 31 heavy (non-hydrogen) atoms. The van der Waals surface area contributed by atoms with Crippen LogP contribution in [0.15, 0.2) is 69.9 Å². The van der Waals surface area contributed by atoms with E-state index >= 15 is 0 Å². The Hall–Kier alpha value is -3.37. The zero-order valence-electron chi connectivity index (χ0n) is 17.5. The van der Waals surface area contributed by atoms with Crippen LogP contribution < -0.4 is 10.2 Å². The molecule has 0 saturated heterocycles. The lowest BCUT2D eigenvalue weighted by Gasteiger charge is -2.13. The van der Waals surface area contributed by atoms with Gasteiger partial charge in [0.05, 0.1) is 5.39 Å². The molecule has 0 unspecified atom stereocenters. The number of hydrogen-bond acceptors (Lipinski definition) is 4. The Kier molecular flexibility index (Phi) is 5.66. The smallest absolute Gasteiger partial charge is 0.235 e. The first-order valence-electron chi connectivity index (χ1n) is 9.90. The van der Waals surface area contributed by atoms with Crippen LogP contribution in [0.25, 0.3) is 22.3 Å². The third-order valence-electron chi connectivity index (χ3n) is 5.29. The average Bonchev–Trinajstić information content (AvgIpc) is 2.75. The van der Waals surface area contributed by atoms with Crippen LogP contribution >= 0.6 is 11.6 Å². The van der Waals surface area contributed by atoms with Crippen molar-refractivity contribution in [3.63, 3.8) is 0 Å². The van der Waals surface area contributed by atoms with Crippen molar-refractivity contribution < 1.29 is 13.9 Å². The summed E-state index contributed by atoms with van der Waals surface area (Å²) in [4.78, 5) is 25.9. The largest absolute Gasteiger partial charge is 0.478 e. The normalized spacial score (nSPS) is 11.0. The molecule has 0 fully saturated rings. The number of Topliss-reactive ketones (excluding diaryl/α,β-unsaturated/α-hetero) is 1. The summed E-state index contributed by atoms with van der Waals surface area (Å²) in [6.45, 7) is 5.60. The molecule has 4 nitrogen and oxygen atoms in total. The fourth-order valence-electron chi connectivity index (χ4n) is 3.32. The van der Waals surface area contributed by atoms with E-state index in [9.17, 15) is 9.59 Å². The Morgan fingerprint density at radius 2 is 1.58 bits per heavy atom. The minimum atomic E-state index is -0.302. The van der Waals surface area contributed by atoms with Crippen LogP contribution in [0, 0.1) is 20.8 Å². The van der Waals surface area contributed by atoms with Crippen molar-refractivity contribution in [1.82, 2.24) is 0 Å². The van der Waals surface area contributed by atoms with Crippen LogP contribution in [0.4, 0.5) is 0 Å². The summed E-state index contributed by atoms with van der Waals surface area (Å²) in [7, 11) is 0. The highest BCUT2D eigenvalue weighted by Crippen LogP contribution is 2.32. The van der Waals surface area contributed by atoms with E-state index in [1.807, 2.05) is 51.1 Å². The Morgan fingerprint density at radius 3 is 2.26 bits per heavy atom. The molecule has 0 aliphatic carbocycles. The van der Waals surface area contributed by atoms with Crippen molar-refractivity contribution in [2.24, 2.45) is 0 Å². The molecule has 3 aromatic carbocycles. The number of carbonyl (C=O) groups excluding carboxylic acids is 1. The van der Waals surface area contributed by atoms with Gasteiger partial charge in [-0.15, -0.1) is 0 Å². The molecule has 0 atom stereocenters. The van der Waals surface area contributed by atoms with Crippen molar-refractivity contribution >= 4 is 28.4 Å². The molecule has 0 N–H and O–H groups in total. The molecule has 0 amide bonds. The summed E-state index contributed by atoms with van der Waals surface area (Å²) in [5.74, 6) is 0.0812. The van der Waals surface area contributed by atoms with Gasteiger partial charge < -0.3 is 9.15 Å². The minimum Gasteiger partial charge on any atom is -0.478 e. The van der Waals surface area contributed by atoms with Gasteiger partial charge in [-0.2, -0.15) is 0 Å². The number of aryl methyl sites for hydroxylation is 3. The third kappa shape index (κ3) is 4.25. The quantitative estimate of drug-likeness (QED) is 0.347. The summed E-state index contributed by atoms with van der Waals surface area (Å²) in [6, 6.07) is 17.8. The van der Waals surface area contributed by atoms with Crippen LogP contribution in [-0.4, -0.2) is 12.4 Å². The predicted octanol–water partition coefficient (Wildman–Crippen LogP) is 6.30. The molecule has 156 valence electrons. The molecule has 0 aliphatic rings. The zero-order valence-corrected chi connectivity index (χ0v) is 18.2. The molecule has 0 aliphatic heterocycles. The standard InChI is InChI=1S/C26H21ClO4/c1-15-4-6-19(7-5-15)25-26(30-14-22(28)18-8-10-20(27)11-9-18)24(29)21-12-16(2)17(3)13-23(21)31-25/h4-13H,14H2,1-3H3. The SMILES string of the molecule is Cc1ccc(-c2oc3cc(C)c(C)cc3c(=O)c2OCC(=O)c2ccc(Cl)cc2)cc1. The second-order valence-electron chi connectivity index (χ2n) is 7.61. The van der Waals surface area contributed by atoms with E-state index in [1.54, 1.807) is 30.3 Å². The van der Waals surface area contributed by atoms with Crippen molar-refractivity contribution in [2.45, 2.75) is 20.8 Å². The number of rotatable bonds is 5. The van der Waals surface area contributed by atoms with E-state index in [0.29, 0.717) is 32.9 Å². The highest BCUT2D eigenvalue weighted by molar-refractivity contribution is 6.30. The molecule has 4 aromatic rings. The van der Waals surface area contributed by atoms with Gasteiger partial charge in [-0.25, -0.2) is 0 Å². The molecular formula is C26H21ClO4. The van der Waals surface area contributed by atoms with Gasteiger partial charge in [0.2, 0.25) is 11.2 Å². The van der Waals surface area contributed by atoms with Crippen LogP contribution in [0.2, 0.25) is 5.02 Å². The molecule has 1 heterocycles. The summed E-state index contributed by atoms with van der Waals surface area (Å²) >= 11 is 5.89.